The van der Waals surface area contributed by atoms with Crippen molar-refractivity contribution in [3.63, 3.8) is 0 Å². The molecule has 1 rings (SSSR count). The standard InChI is InChI=1S/C18H30O2/c1-3-4-5-6-7-8-9-10-11-12-16-15-17(20-2)13-14-18(16)19/h13-15,19H,3-12H2,1-2H3. The molecular formula is C18H30O2. The Morgan fingerprint density at radius 3 is 2.10 bits per heavy atom. The van der Waals surface area contributed by atoms with Gasteiger partial charge >= 0.3 is 0 Å². The molecule has 0 fully saturated rings. The number of benzene rings is 1. The van der Waals surface area contributed by atoms with E-state index in [0.29, 0.717) is 5.75 Å². The molecule has 0 aliphatic carbocycles. The van der Waals surface area contributed by atoms with E-state index in [-0.39, 0.29) is 0 Å². The van der Waals surface area contributed by atoms with Crippen molar-refractivity contribution in [2.75, 3.05) is 7.11 Å². The second-order valence-corrected chi connectivity index (χ2v) is 5.57. The molecule has 0 amide bonds. The number of phenolic OH excluding ortho intramolecular Hbond substituents is 1. The summed E-state index contributed by atoms with van der Waals surface area (Å²) in [5.74, 6) is 1.22. The van der Waals surface area contributed by atoms with Crippen LogP contribution in [0.5, 0.6) is 11.5 Å². The van der Waals surface area contributed by atoms with E-state index >= 15 is 0 Å². The van der Waals surface area contributed by atoms with Gasteiger partial charge in [0.15, 0.2) is 0 Å². The Balaban J connectivity index is 2.09. The highest BCUT2D eigenvalue weighted by Crippen LogP contribution is 2.24. The predicted octanol–water partition coefficient (Wildman–Crippen LogP) is 5.47. The van der Waals surface area contributed by atoms with E-state index in [1.54, 1.807) is 19.2 Å². The van der Waals surface area contributed by atoms with Gasteiger partial charge in [-0.15, -0.1) is 0 Å². The average molecular weight is 278 g/mol. The van der Waals surface area contributed by atoms with Gasteiger partial charge in [-0.05, 0) is 36.6 Å². The van der Waals surface area contributed by atoms with Crippen LogP contribution < -0.4 is 4.74 Å². The molecule has 1 aromatic rings. The van der Waals surface area contributed by atoms with Crippen molar-refractivity contribution in [2.45, 2.75) is 71.1 Å². The number of aromatic hydroxyl groups is 1. The molecule has 0 bridgehead atoms. The normalized spacial score (nSPS) is 10.7. The van der Waals surface area contributed by atoms with Gasteiger partial charge in [-0.1, -0.05) is 58.3 Å². The Bertz CT molecular complexity index is 360. The molecule has 0 saturated carbocycles. The molecule has 0 atom stereocenters. The summed E-state index contributed by atoms with van der Waals surface area (Å²) in [6, 6.07) is 5.47. The van der Waals surface area contributed by atoms with Crippen LogP contribution in [0, 0.1) is 0 Å². The first-order valence-electron chi connectivity index (χ1n) is 8.13. The van der Waals surface area contributed by atoms with E-state index in [0.717, 1.165) is 24.2 Å². The summed E-state index contributed by atoms with van der Waals surface area (Å²) in [5, 5.41) is 9.80. The van der Waals surface area contributed by atoms with E-state index in [1.165, 1.54) is 51.4 Å². The number of aryl methyl sites for hydroxylation is 1. The zero-order chi connectivity index (χ0) is 14.6. The highest BCUT2D eigenvalue weighted by molar-refractivity contribution is 5.39. The SMILES string of the molecule is CCCCCCCCCCCc1cc(OC)ccc1O. The molecule has 0 radical (unpaired) electrons. The highest BCUT2D eigenvalue weighted by Gasteiger charge is 2.03. The number of hydrogen-bond acceptors (Lipinski definition) is 2. The van der Waals surface area contributed by atoms with Crippen LogP contribution in [0.15, 0.2) is 18.2 Å². The Morgan fingerprint density at radius 1 is 0.900 bits per heavy atom. The quantitative estimate of drug-likeness (QED) is 0.543. The van der Waals surface area contributed by atoms with Crippen molar-refractivity contribution in [1.82, 2.24) is 0 Å². The molecule has 0 unspecified atom stereocenters. The second kappa shape index (κ2) is 10.6. The van der Waals surface area contributed by atoms with Gasteiger partial charge in [0, 0.05) is 0 Å². The summed E-state index contributed by atoms with van der Waals surface area (Å²) < 4.78 is 5.19. The monoisotopic (exact) mass is 278 g/mol. The van der Waals surface area contributed by atoms with Crippen LogP contribution in [0.1, 0.15) is 70.3 Å². The zero-order valence-electron chi connectivity index (χ0n) is 13.2. The van der Waals surface area contributed by atoms with E-state index in [1.807, 2.05) is 6.07 Å². The van der Waals surface area contributed by atoms with Gasteiger partial charge in [0.05, 0.1) is 7.11 Å². The Labute approximate surface area is 124 Å². The van der Waals surface area contributed by atoms with Crippen LogP contribution in [-0.4, -0.2) is 12.2 Å². The molecule has 114 valence electrons. The molecule has 0 saturated heterocycles. The first-order valence-corrected chi connectivity index (χ1v) is 8.13. The van der Waals surface area contributed by atoms with Crippen LogP contribution in [0.2, 0.25) is 0 Å². The maximum atomic E-state index is 9.80. The minimum Gasteiger partial charge on any atom is -0.508 e. The Morgan fingerprint density at radius 2 is 1.50 bits per heavy atom. The van der Waals surface area contributed by atoms with E-state index < -0.39 is 0 Å². The highest BCUT2D eigenvalue weighted by atomic mass is 16.5. The van der Waals surface area contributed by atoms with Gasteiger partial charge in [-0.25, -0.2) is 0 Å². The molecule has 0 aliphatic rings. The van der Waals surface area contributed by atoms with Crippen molar-refractivity contribution in [3.05, 3.63) is 23.8 Å². The minimum absolute atomic E-state index is 0.394. The van der Waals surface area contributed by atoms with Gasteiger partial charge in [0.1, 0.15) is 11.5 Å². The number of ether oxygens (including phenoxy) is 1. The van der Waals surface area contributed by atoms with Crippen LogP contribution in [-0.2, 0) is 6.42 Å². The summed E-state index contributed by atoms with van der Waals surface area (Å²) in [6.07, 6.45) is 12.9. The van der Waals surface area contributed by atoms with Crippen LogP contribution in [0.3, 0.4) is 0 Å². The Hall–Kier alpha value is -1.18. The lowest BCUT2D eigenvalue weighted by Gasteiger charge is -2.07. The van der Waals surface area contributed by atoms with Crippen molar-refractivity contribution >= 4 is 0 Å². The molecule has 2 heteroatoms. The molecule has 0 spiro atoms. The molecule has 0 heterocycles. The van der Waals surface area contributed by atoms with Crippen molar-refractivity contribution < 1.29 is 9.84 Å². The summed E-state index contributed by atoms with van der Waals surface area (Å²) >= 11 is 0. The molecule has 0 aliphatic heterocycles. The van der Waals surface area contributed by atoms with Gasteiger partial charge < -0.3 is 9.84 Å². The third-order valence-corrected chi connectivity index (χ3v) is 3.84. The molecular weight excluding hydrogens is 248 g/mol. The van der Waals surface area contributed by atoms with E-state index in [9.17, 15) is 5.11 Å². The average Bonchev–Trinajstić information content (AvgIpc) is 2.47. The smallest absolute Gasteiger partial charge is 0.119 e. The van der Waals surface area contributed by atoms with Crippen LogP contribution >= 0.6 is 0 Å². The van der Waals surface area contributed by atoms with Gasteiger partial charge in [-0.3, -0.25) is 0 Å². The maximum Gasteiger partial charge on any atom is 0.119 e. The summed E-state index contributed by atoms with van der Waals surface area (Å²) in [7, 11) is 1.66. The largest absolute Gasteiger partial charge is 0.508 e. The fraction of sp³-hybridized carbons (Fsp3) is 0.667. The topological polar surface area (TPSA) is 29.5 Å². The third-order valence-electron chi connectivity index (χ3n) is 3.84. The molecule has 2 nitrogen and oxygen atoms in total. The lowest BCUT2D eigenvalue weighted by molar-refractivity contribution is 0.410. The van der Waals surface area contributed by atoms with Gasteiger partial charge in [0.2, 0.25) is 0 Å². The van der Waals surface area contributed by atoms with Crippen LogP contribution in [0.25, 0.3) is 0 Å². The minimum atomic E-state index is 0.394. The summed E-state index contributed by atoms with van der Waals surface area (Å²) in [4.78, 5) is 0. The number of hydrogen-bond donors (Lipinski definition) is 1. The third kappa shape index (κ3) is 6.83. The molecule has 0 aromatic heterocycles. The first-order chi connectivity index (χ1) is 9.77. The lowest BCUT2D eigenvalue weighted by atomic mass is 10.0. The summed E-state index contributed by atoms with van der Waals surface area (Å²) in [5.41, 5.74) is 1.01. The van der Waals surface area contributed by atoms with Crippen molar-refractivity contribution in [1.29, 1.82) is 0 Å². The predicted molar refractivity (Wildman–Crippen MR) is 85.6 cm³/mol. The molecule has 1 aromatic carbocycles. The van der Waals surface area contributed by atoms with E-state index in [4.69, 9.17) is 4.74 Å². The van der Waals surface area contributed by atoms with Gasteiger partial charge in [0.25, 0.3) is 0 Å². The molecule has 20 heavy (non-hydrogen) atoms. The number of unbranched alkanes of at least 4 members (excludes halogenated alkanes) is 8. The molecule has 1 N–H and O–H groups in total. The fourth-order valence-corrected chi connectivity index (χ4v) is 2.52. The van der Waals surface area contributed by atoms with Gasteiger partial charge in [-0.2, -0.15) is 0 Å². The van der Waals surface area contributed by atoms with E-state index in [2.05, 4.69) is 6.92 Å². The lowest BCUT2D eigenvalue weighted by Crippen LogP contribution is -1.90. The fourth-order valence-electron chi connectivity index (χ4n) is 2.52. The van der Waals surface area contributed by atoms with Crippen molar-refractivity contribution in [3.8, 4) is 11.5 Å². The second-order valence-electron chi connectivity index (χ2n) is 5.57. The zero-order valence-corrected chi connectivity index (χ0v) is 13.2. The number of rotatable bonds is 11. The number of methoxy groups -OCH3 is 1. The van der Waals surface area contributed by atoms with Crippen molar-refractivity contribution in [2.24, 2.45) is 0 Å². The van der Waals surface area contributed by atoms with Crippen LogP contribution in [0.4, 0.5) is 0 Å². The first kappa shape index (κ1) is 16.9. The Kier molecular flexibility index (Phi) is 8.93. The summed E-state index contributed by atoms with van der Waals surface area (Å²) in [6.45, 7) is 2.26. The maximum absolute atomic E-state index is 9.80. The number of phenols is 1.